The summed E-state index contributed by atoms with van der Waals surface area (Å²) in [6, 6.07) is 10.1. The molecular weight excluding hydrogens is 440 g/mol. The molecule has 2 heterocycles. The number of hydrogen-bond acceptors (Lipinski definition) is 7. The van der Waals surface area contributed by atoms with Gasteiger partial charge in [-0.2, -0.15) is 5.10 Å². The number of esters is 1. The summed E-state index contributed by atoms with van der Waals surface area (Å²) in [5, 5.41) is 9.53. The summed E-state index contributed by atoms with van der Waals surface area (Å²) in [4.78, 5) is 15.2. The predicted octanol–water partition coefficient (Wildman–Crippen LogP) is 4.67. The summed E-state index contributed by atoms with van der Waals surface area (Å²) in [6.45, 7) is 6.28. The van der Waals surface area contributed by atoms with E-state index < -0.39 is 5.97 Å². The molecule has 0 amide bonds. The molecule has 1 N–H and O–H groups in total. The van der Waals surface area contributed by atoms with Crippen LogP contribution in [0.15, 0.2) is 53.7 Å². The second kappa shape index (κ2) is 10.7. The smallest absolute Gasteiger partial charge is 0.359 e. The number of anilines is 3. The van der Waals surface area contributed by atoms with Gasteiger partial charge in [-0.15, -0.1) is 0 Å². The first-order valence-electron chi connectivity index (χ1n) is 12.0. The van der Waals surface area contributed by atoms with Crippen molar-refractivity contribution in [2.45, 2.75) is 25.7 Å². The second-order valence-electron chi connectivity index (χ2n) is 8.77. The Morgan fingerprint density at radius 3 is 2.66 bits per heavy atom. The lowest BCUT2D eigenvalue weighted by Crippen LogP contribution is -2.35. The number of benzene rings is 2. The number of allylic oxidation sites excluding steroid dienone is 1. The Bertz CT molecular complexity index is 1180. The SMILES string of the molecule is C=C(/C=C\c1ccccc1NC)/C(=N/N(C)c1cc2c3c(c1OC)CCCN3CCC2)C(=O)OC. The van der Waals surface area contributed by atoms with Crippen LogP contribution >= 0.6 is 0 Å². The van der Waals surface area contributed by atoms with E-state index in [0.717, 1.165) is 61.5 Å². The molecule has 0 saturated heterocycles. The molecule has 0 unspecified atom stereocenters. The molecule has 35 heavy (non-hydrogen) atoms. The Labute approximate surface area is 207 Å². The van der Waals surface area contributed by atoms with E-state index in [9.17, 15) is 4.79 Å². The van der Waals surface area contributed by atoms with Crippen LogP contribution in [-0.4, -0.2) is 53.1 Å². The van der Waals surface area contributed by atoms with Crippen molar-refractivity contribution in [1.29, 1.82) is 0 Å². The molecule has 0 saturated carbocycles. The maximum absolute atomic E-state index is 12.7. The highest BCUT2D eigenvalue weighted by molar-refractivity contribution is 6.44. The third-order valence-electron chi connectivity index (χ3n) is 6.63. The van der Waals surface area contributed by atoms with Gasteiger partial charge in [0, 0.05) is 49.7 Å². The Morgan fingerprint density at radius 2 is 1.94 bits per heavy atom. The summed E-state index contributed by atoms with van der Waals surface area (Å²) < 4.78 is 10.9. The largest absolute Gasteiger partial charge is 0.494 e. The summed E-state index contributed by atoms with van der Waals surface area (Å²) in [5.41, 5.74) is 7.26. The maximum atomic E-state index is 12.7. The molecule has 0 atom stereocenters. The molecule has 4 rings (SSSR count). The first-order valence-corrected chi connectivity index (χ1v) is 12.0. The highest BCUT2D eigenvalue weighted by Crippen LogP contribution is 2.45. The number of nitrogens with one attached hydrogen (secondary N) is 1. The first kappa shape index (κ1) is 24.4. The standard InChI is InChI=1S/C28H34N4O3/c1-19(14-15-20-10-6-7-13-23(20)29-2)25(28(33)35-5)30-31(3)24-18-21-11-8-16-32-17-9-12-22(26(21)32)27(24)34-4/h6-7,10,13-15,18,29H,1,8-9,11-12,16-17H2,2-5H3/b15-14-,30-25-. The maximum Gasteiger partial charge on any atom is 0.359 e. The molecule has 7 nitrogen and oxygen atoms in total. The van der Waals surface area contributed by atoms with E-state index in [-0.39, 0.29) is 5.71 Å². The molecule has 2 aliphatic rings. The van der Waals surface area contributed by atoms with Crippen LogP contribution < -0.4 is 20.0 Å². The first-order chi connectivity index (χ1) is 17.0. The molecule has 0 aromatic heterocycles. The minimum Gasteiger partial charge on any atom is -0.494 e. The summed E-state index contributed by atoms with van der Waals surface area (Å²) in [7, 11) is 6.75. The van der Waals surface area contributed by atoms with Crippen LogP contribution in [0.25, 0.3) is 6.08 Å². The van der Waals surface area contributed by atoms with Gasteiger partial charge in [-0.1, -0.05) is 36.9 Å². The zero-order valence-electron chi connectivity index (χ0n) is 21.1. The summed E-state index contributed by atoms with van der Waals surface area (Å²) in [6.07, 6.45) is 7.92. The van der Waals surface area contributed by atoms with Crippen LogP contribution in [0, 0.1) is 0 Å². The lowest BCUT2D eigenvalue weighted by atomic mass is 9.90. The molecule has 2 aliphatic heterocycles. The van der Waals surface area contributed by atoms with Crippen molar-refractivity contribution in [2.24, 2.45) is 5.10 Å². The third kappa shape index (κ3) is 4.90. The van der Waals surface area contributed by atoms with E-state index in [4.69, 9.17) is 9.47 Å². The van der Waals surface area contributed by atoms with Crippen molar-refractivity contribution in [3.8, 4) is 5.75 Å². The van der Waals surface area contributed by atoms with Gasteiger partial charge in [-0.05, 0) is 48.9 Å². The number of ether oxygens (including phenoxy) is 2. The van der Waals surface area contributed by atoms with Crippen LogP contribution in [0.1, 0.15) is 29.5 Å². The molecule has 184 valence electrons. The normalized spacial score (nSPS) is 15.0. The molecule has 0 bridgehead atoms. The quantitative estimate of drug-likeness (QED) is 0.260. The molecule has 0 aliphatic carbocycles. The highest BCUT2D eigenvalue weighted by Gasteiger charge is 2.29. The van der Waals surface area contributed by atoms with Crippen molar-refractivity contribution in [2.75, 3.05) is 56.6 Å². The van der Waals surface area contributed by atoms with Crippen LogP contribution in [0.2, 0.25) is 0 Å². The van der Waals surface area contributed by atoms with Gasteiger partial charge in [-0.25, -0.2) is 4.79 Å². The minimum atomic E-state index is -0.544. The number of carbonyl (C=O) groups excluding carboxylic acids is 1. The summed E-state index contributed by atoms with van der Waals surface area (Å²) >= 11 is 0. The molecule has 7 heteroatoms. The van der Waals surface area contributed by atoms with Gasteiger partial charge < -0.3 is 19.7 Å². The zero-order valence-corrected chi connectivity index (χ0v) is 21.1. The molecule has 0 radical (unpaired) electrons. The average Bonchev–Trinajstić information content (AvgIpc) is 2.90. The van der Waals surface area contributed by atoms with Crippen LogP contribution in [0.3, 0.4) is 0 Å². The minimum absolute atomic E-state index is 0.142. The summed E-state index contributed by atoms with van der Waals surface area (Å²) in [5.74, 6) is 0.271. The highest BCUT2D eigenvalue weighted by atomic mass is 16.5. The number of para-hydroxylation sites is 1. The Morgan fingerprint density at radius 1 is 1.20 bits per heavy atom. The molecule has 0 spiro atoms. The van der Waals surface area contributed by atoms with Gasteiger partial charge in [0.1, 0.15) is 11.4 Å². The van der Waals surface area contributed by atoms with Crippen molar-refractivity contribution >= 4 is 34.8 Å². The fourth-order valence-electron chi connectivity index (χ4n) is 4.96. The number of nitrogens with zero attached hydrogens (tertiary/aromatic N) is 3. The number of methoxy groups -OCH3 is 2. The average molecular weight is 475 g/mol. The van der Waals surface area contributed by atoms with Crippen molar-refractivity contribution in [3.63, 3.8) is 0 Å². The van der Waals surface area contributed by atoms with Crippen molar-refractivity contribution in [1.82, 2.24) is 0 Å². The van der Waals surface area contributed by atoms with E-state index in [0.29, 0.717) is 5.57 Å². The zero-order chi connectivity index (χ0) is 24.9. The van der Waals surface area contributed by atoms with E-state index in [1.165, 1.54) is 23.9 Å². The van der Waals surface area contributed by atoms with E-state index >= 15 is 0 Å². The van der Waals surface area contributed by atoms with Crippen LogP contribution in [0.5, 0.6) is 5.75 Å². The number of hydrogen-bond donors (Lipinski definition) is 1. The fourth-order valence-corrected chi connectivity index (χ4v) is 4.96. The molecular formula is C28H34N4O3. The number of aryl methyl sites for hydroxylation is 1. The van der Waals surface area contributed by atoms with Crippen LogP contribution in [0.4, 0.5) is 17.1 Å². The van der Waals surface area contributed by atoms with Gasteiger partial charge in [-0.3, -0.25) is 5.01 Å². The van der Waals surface area contributed by atoms with Crippen molar-refractivity contribution < 1.29 is 14.3 Å². The number of rotatable bonds is 8. The number of hydrazone groups is 1. The van der Waals surface area contributed by atoms with Gasteiger partial charge >= 0.3 is 5.97 Å². The third-order valence-corrected chi connectivity index (χ3v) is 6.63. The van der Waals surface area contributed by atoms with E-state index in [2.05, 4.69) is 28.0 Å². The molecule has 2 aromatic rings. The van der Waals surface area contributed by atoms with Gasteiger partial charge in [0.25, 0.3) is 0 Å². The Kier molecular flexibility index (Phi) is 7.44. The molecule has 0 fully saturated rings. The Hall–Kier alpha value is -3.74. The lowest BCUT2D eigenvalue weighted by Gasteiger charge is -2.38. The molecule has 2 aromatic carbocycles. The lowest BCUT2D eigenvalue weighted by molar-refractivity contribution is -0.132. The Balaban J connectivity index is 1.70. The van der Waals surface area contributed by atoms with Gasteiger partial charge in [0.2, 0.25) is 0 Å². The monoisotopic (exact) mass is 474 g/mol. The van der Waals surface area contributed by atoms with E-state index in [1.807, 2.05) is 44.4 Å². The van der Waals surface area contributed by atoms with Crippen LogP contribution in [-0.2, 0) is 22.4 Å². The second-order valence-corrected chi connectivity index (χ2v) is 8.77. The van der Waals surface area contributed by atoms with E-state index in [1.54, 1.807) is 18.2 Å². The van der Waals surface area contributed by atoms with Crippen molar-refractivity contribution in [3.05, 3.63) is 65.3 Å². The predicted molar refractivity (Wildman–Crippen MR) is 144 cm³/mol. The number of carbonyl (C=O) groups is 1. The van der Waals surface area contributed by atoms with Gasteiger partial charge in [0.05, 0.1) is 14.2 Å². The topological polar surface area (TPSA) is 66.4 Å². The fraction of sp³-hybridized carbons (Fsp3) is 0.357. The van der Waals surface area contributed by atoms with Gasteiger partial charge in [0.15, 0.2) is 5.71 Å².